The Labute approximate surface area is 261 Å². The van der Waals surface area contributed by atoms with Gasteiger partial charge in [-0.05, 0) is 42.5 Å². The second kappa shape index (κ2) is 9.36. The zero-order valence-corrected chi connectivity index (χ0v) is 24.8. The molecule has 0 N–H and O–H groups in total. The van der Waals surface area contributed by atoms with Gasteiger partial charge in [-0.3, -0.25) is 4.57 Å². The zero-order chi connectivity index (χ0) is 29.5. The summed E-state index contributed by atoms with van der Waals surface area (Å²) in [5.74, 6) is 0.640. The smallest absolute Gasteiger partial charge is 0.235 e. The molecule has 6 aromatic carbocycles. The van der Waals surface area contributed by atoms with E-state index >= 15 is 0 Å². The fourth-order valence-corrected chi connectivity index (χ4v) is 7.95. The summed E-state index contributed by atoms with van der Waals surface area (Å²) in [6.45, 7) is 0. The number of hydrogen-bond acceptors (Lipinski definition) is 4. The van der Waals surface area contributed by atoms with E-state index in [0.717, 1.165) is 66.3 Å². The van der Waals surface area contributed by atoms with Crippen molar-refractivity contribution in [3.05, 3.63) is 140 Å². The molecule has 0 fully saturated rings. The molecular formula is C40H23N3OS. The van der Waals surface area contributed by atoms with Gasteiger partial charge in [0.25, 0.3) is 0 Å². The Hall–Kier alpha value is -5.78. The molecule has 4 aromatic heterocycles. The predicted molar refractivity (Wildman–Crippen MR) is 187 cm³/mol. The summed E-state index contributed by atoms with van der Waals surface area (Å²) in [7, 11) is 0. The Morgan fingerprint density at radius 3 is 2.13 bits per heavy atom. The summed E-state index contributed by atoms with van der Waals surface area (Å²) >= 11 is 1.82. The highest BCUT2D eigenvalue weighted by Crippen LogP contribution is 2.41. The zero-order valence-electron chi connectivity index (χ0n) is 23.9. The van der Waals surface area contributed by atoms with Crippen LogP contribution in [0.4, 0.5) is 0 Å². The molecular weight excluding hydrogens is 571 g/mol. The lowest BCUT2D eigenvalue weighted by atomic mass is 10.0. The van der Waals surface area contributed by atoms with Gasteiger partial charge in [-0.1, -0.05) is 97.1 Å². The average molecular weight is 594 g/mol. The number of furan rings is 1. The topological polar surface area (TPSA) is 43.9 Å². The van der Waals surface area contributed by atoms with Crippen LogP contribution in [-0.2, 0) is 0 Å². The van der Waals surface area contributed by atoms with Crippen LogP contribution in [0.25, 0.3) is 92.4 Å². The second-order valence-corrected chi connectivity index (χ2v) is 12.5. The van der Waals surface area contributed by atoms with Gasteiger partial charge in [0, 0.05) is 52.8 Å². The Kier molecular flexibility index (Phi) is 5.12. The second-order valence-electron chi connectivity index (χ2n) is 11.4. The van der Waals surface area contributed by atoms with Crippen molar-refractivity contribution in [2.75, 3.05) is 0 Å². The third kappa shape index (κ3) is 3.65. The quantitative estimate of drug-likeness (QED) is 0.205. The first kappa shape index (κ1) is 24.6. The van der Waals surface area contributed by atoms with Crippen molar-refractivity contribution < 1.29 is 4.42 Å². The van der Waals surface area contributed by atoms with Crippen LogP contribution in [0.3, 0.4) is 0 Å². The molecule has 0 bridgehead atoms. The first-order chi connectivity index (χ1) is 22.3. The lowest BCUT2D eigenvalue weighted by molar-refractivity contribution is 0.669. The molecule has 0 unspecified atom stereocenters. The fourth-order valence-electron chi connectivity index (χ4n) is 6.82. The predicted octanol–water partition coefficient (Wildman–Crippen LogP) is 11.2. The van der Waals surface area contributed by atoms with Crippen molar-refractivity contribution in [2.45, 2.75) is 0 Å². The Bertz CT molecular complexity index is 2770. The van der Waals surface area contributed by atoms with Gasteiger partial charge in [0.05, 0.1) is 22.4 Å². The number of para-hydroxylation sites is 2. The van der Waals surface area contributed by atoms with E-state index in [0.29, 0.717) is 5.95 Å². The standard InChI is InChI=1S/C40H23N3OS/c1-2-11-24(12-3-1)31-23-32(27-16-10-20-38-39(27)28-15-6-9-19-37(28)45-38)42-40(41-31)43-33-17-7-4-13-25(33)29-22-36-30(21-34(29)43)26-14-5-8-18-35(26)44-36/h1-23H. The van der Waals surface area contributed by atoms with E-state index in [1.54, 1.807) is 0 Å². The molecule has 0 atom stereocenters. The van der Waals surface area contributed by atoms with Gasteiger partial charge in [-0.2, -0.15) is 0 Å². The molecule has 0 aliphatic rings. The number of aromatic nitrogens is 3. The number of hydrogen-bond donors (Lipinski definition) is 0. The van der Waals surface area contributed by atoms with Crippen molar-refractivity contribution in [3.8, 4) is 28.5 Å². The van der Waals surface area contributed by atoms with E-state index in [1.807, 2.05) is 29.5 Å². The van der Waals surface area contributed by atoms with Crippen molar-refractivity contribution in [3.63, 3.8) is 0 Å². The Morgan fingerprint density at radius 1 is 0.489 bits per heavy atom. The van der Waals surface area contributed by atoms with Crippen molar-refractivity contribution >= 4 is 75.3 Å². The molecule has 0 spiro atoms. The van der Waals surface area contributed by atoms with Crippen molar-refractivity contribution in [1.82, 2.24) is 14.5 Å². The van der Waals surface area contributed by atoms with Crippen LogP contribution < -0.4 is 0 Å². The largest absolute Gasteiger partial charge is 0.456 e. The highest BCUT2D eigenvalue weighted by molar-refractivity contribution is 7.25. The Morgan fingerprint density at radius 2 is 1.22 bits per heavy atom. The molecule has 0 aliphatic carbocycles. The summed E-state index contributed by atoms with van der Waals surface area (Å²) < 4.78 is 11.0. The number of nitrogens with zero attached hydrogens (tertiary/aromatic N) is 3. The minimum absolute atomic E-state index is 0.640. The highest BCUT2D eigenvalue weighted by atomic mass is 32.1. The summed E-state index contributed by atoms with van der Waals surface area (Å²) in [4.78, 5) is 10.6. The normalized spacial score (nSPS) is 12.0. The van der Waals surface area contributed by atoms with E-state index in [1.165, 1.54) is 20.2 Å². The average Bonchev–Trinajstić information content (AvgIpc) is 3.76. The van der Waals surface area contributed by atoms with Gasteiger partial charge in [0.1, 0.15) is 11.2 Å². The maximum Gasteiger partial charge on any atom is 0.235 e. The molecule has 0 aliphatic heterocycles. The van der Waals surface area contributed by atoms with Crippen LogP contribution in [-0.4, -0.2) is 14.5 Å². The van der Waals surface area contributed by atoms with Crippen molar-refractivity contribution in [2.24, 2.45) is 0 Å². The fraction of sp³-hybridized carbons (Fsp3) is 0. The minimum atomic E-state index is 0.640. The monoisotopic (exact) mass is 593 g/mol. The lowest BCUT2D eigenvalue weighted by Crippen LogP contribution is -2.04. The molecule has 0 saturated heterocycles. The third-order valence-electron chi connectivity index (χ3n) is 8.83. The minimum Gasteiger partial charge on any atom is -0.456 e. The number of benzene rings is 6. The lowest BCUT2D eigenvalue weighted by Gasteiger charge is -2.12. The highest BCUT2D eigenvalue weighted by Gasteiger charge is 2.20. The summed E-state index contributed by atoms with van der Waals surface area (Å²) in [5.41, 5.74) is 7.80. The molecule has 0 amide bonds. The molecule has 45 heavy (non-hydrogen) atoms. The first-order valence-electron chi connectivity index (χ1n) is 15.0. The summed E-state index contributed by atoms with van der Waals surface area (Å²) in [6, 6.07) is 48.8. The van der Waals surface area contributed by atoms with E-state index in [2.05, 4.69) is 126 Å². The Balaban J connectivity index is 1.33. The van der Waals surface area contributed by atoms with Gasteiger partial charge >= 0.3 is 0 Å². The van der Waals surface area contributed by atoms with E-state index in [-0.39, 0.29) is 0 Å². The van der Waals surface area contributed by atoms with Crippen LogP contribution in [0.5, 0.6) is 0 Å². The van der Waals surface area contributed by atoms with Gasteiger partial charge < -0.3 is 4.42 Å². The van der Waals surface area contributed by atoms with Crippen LogP contribution in [0.1, 0.15) is 0 Å². The molecule has 10 aromatic rings. The van der Waals surface area contributed by atoms with Gasteiger partial charge in [0.15, 0.2) is 0 Å². The molecule has 5 heteroatoms. The van der Waals surface area contributed by atoms with E-state index < -0.39 is 0 Å². The van der Waals surface area contributed by atoms with E-state index in [9.17, 15) is 0 Å². The van der Waals surface area contributed by atoms with Crippen LogP contribution in [0, 0.1) is 0 Å². The first-order valence-corrected chi connectivity index (χ1v) is 15.8. The van der Waals surface area contributed by atoms with Crippen LogP contribution >= 0.6 is 11.3 Å². The summed E-state index contributed by atoms with van der Waals surface area (Å²) in [6.07, 6.45) is 0. The SMILES string of the molecule is c1ccc(-c2cc(-c3cccc4sc5ccccc5c34)nc(-n3c4ccccc4c4cc5oc6ccccc6c5cc43)n2)cc1. The molecule has 10 rings (SSSR count). The molecule has 210 valence electrons. The van der Waals surface area contributed by atoms with Gasteiger partial charge in [-0.15, -0.1) is 11.3 Å². The number of fused-ring (bicyclic) bond motifs is 9. The number of thiophene rings is 1. The van der Waals surface area contributed by atoms with Gasteiger partial charge in [0.2, 0.25) is 5.95 Å². The van der Waals surface area contributed by atoms with Crippen LogP contribution in [0.15, 0.2) is 144 Å². The third-order valence-corrected chi connectivity index (χ3v) is 9.97. The molecule has 0 saturated carbocycles. The van der Waals surface area contributed by atoms with Gasteiger partial charge in [-0.25, -0.2) is 9.97 Å². The molecule has 0 radical (unpaired) electrons. The van der Waals surface area contributed by atoms with Crippen LogP contribution in [0.2, 0.25) is 0 Å². The molecule has 4 heterocycles. The maximum absolute atomic E-state index is 6.31. The number of rotatable bonds is 3. The summed E-state index contributed by atoms with van der Waals surface area (Å²) in [5, 5.41) is 6.91. The molecule has 4 nitrogen and oxygen atoms in total. The van der Waals surface area contributed by atoms with E-state index in [4.69, 9.17) is 14.4 Å². The van der Waals surface area contributed by atoms with Crippen molar-refractivity contribution in [1.29, 1.82) is 0 Å². The maximum atomic E-state index is 6.31.